The summed E-state index contributed by atoms with van der Waals surface area (Å²) in [5, 5.41) is 9.52. The number of nitrogens with zero attached hydrogens (tertiary/aromatic N) is 2. The molecular weight excluding hydrogens is 364 g/mol. The first-order valence-electron chi connectivity index (χ1n) is 7.41. The highest BCUT2D eigenvalue weighted by Gasteiger charge is 2.06. The fourth-order valence-electron chi connectivity index (χ4n) is 2.45. The molecule has 3 aromatic rings. The zero-order valence-electron chi connectivity index (χ0n) is 13.1. The van der Waals surface area contributed by atoms with Gasteiger partial charge in [-0.3, -0.25) is 0 Å². The molecule has 1 aromatic heterocycles. The van der Waals surface area contributed by atoms with Crippen LogP contribution in [0.1, 0.15) is 11.3 Å². The quantitative estimate of drug-likeness (QED) is 0.576. The van der Waals surface area contributed by atoms with Gasteiger partial charge in [0.25, 0.3) is 0 Å². The van der Waals surface area contributed by atoms with Gasteiger partial charge in [0.15, 0.2) is 0 Å². The van der Waals surface area contributed by atoms with Gasteiger partial charge < -0.3 is 9.30 Å². The normalized spacial score (nSPS) is 11.1. The highest BCUT2D eigenvalue weighted by molar-refractivity contribution is 9.10. The predicted molar refractivity (Wildman–Crippen MR) is 99.9 cm³/mol. The SMILES string of the molecule is COc1ccc(-n2cccc2/C=C(/C#N)c2ccc(Br)cc2)cc1. The number of rotatable bonds is 4. The Labute approximate surface area is 149 Å². The summed E-state index contributed by atoms with van der Waals surface area (Å²) in [6.45, 7) is 0. The van der Waals surface area contributed by atoms with Gasteiger partial charge >= 0.3 is 0 Å². The molecule has 0 saturated carbocycles. The van der Waals surface area contributed by atoms with Crippen LogP contribution in [-0.4, -0.2) is 11.7 Å². The van der Waals surface area contributed by atoms with Crippen LogP contribution in [0.3, 0.4) is 0 Å². The second-order valence-electron chi connectivity index (χ2n) is 5.18. The van der Waals surface area contributed by atoms with E-state index < -0.39 is 0 Å². The molecule has 0 atom stereocenters. The van der Waals surface area contributed by atoms with Gasteiger partial charge in [0.1, 0.15) is 5.75 Å². The number of methoxy groups -OCH3 is 1. The molecule has 0 aliphatic heterocycles. The topological polar surface area (TPSA) is 38.0 Å². The number of aromatic nitrogens is 1. The summed E-state index contributed by atoms with van der Waals surface area (Å²) in [4.78, 5) is 0. The van der Waals surface area contributed by atoms with Crippen LogP contribution in [-0.2, 0) is 0 Å². The zero-order chi connectivity index (χ0) is 16.9. The lowest BCUT2D eigenvalue weighted by molar-refractivity contribution is 0.414. The molecule has 0 amide bonds. The summed E-state index contributed by atoms with van der Waals surface area (Å²) >= 11 is 3.41. The molecule has 0 spiro atoms. The number of nitriles is 1. The van der Waals surface area contributed by atoms with Crippen molar-refractivity contribution < 1.29 is 4.74 Å². The van der Waals surface area contributed by atoms with Gasteiger partial charge in [-0.1, -0.05) is 28.1 Å². The fourth-order valence-corrected chi connectivity index (χ4v) is 2.71. The van der Waals surface area contributed by atoms with Crippen molar-refractivity contribution in [2.75, 3.05) is 7.11 Å². The molecule has 0 N–H and O–H groups in total. The molecule has 24 heavy (non-hydrogen) atoms. The Morgan fingerprint density at radius 3 is 2.42 bits per heavy atom. The molecule has 4 heteroatoms. The summed E-state index contributed by atoms with van der Waals surface area (Å²) in [6, 6.07) is 21.8. The molecule has 0 fully saturated rings. The maximum atomic E-state index is 9.52. The first-order valence-corrected chi connectivity index (χ1v) is 8.20. The minimum absolute atomic E-state index is 0.621. The molecule has 0 aliphatic rings. The van der Waals surface area contributed by atoms with E-state index in [1.165, 1.54) is 0 Å². The molecule has 1 heterocycles. The molecule has 118 valence electrons. The number of hydrogen-bond acceptors (Lipinski definition) is 2. The summed E-state index contributed by atoms with van der Waals surface area (Å²) in [5.41, 5.74) is 3.47. The first kappa shape index (κ1) is 16.1. The van der Waals surface area contributed by atoms with E-state index in [1.54, 1.807) is 7.11 Å². The van der Waals surface area contributed by atoms with E-state index in [1.807, 2.05) is 77.5 Å². The van der Waals surface area contributed by atoms with E-state index in [0.717, 1.165) is 27.2 Å². The number of allylic oxidation sites excluding steroid dienone is 1. The van der Waals surface area contributed by atoms with Crippen LogP contribution >= 0.6 is 15.9 Å². The van der Waals surface area contributed by atoms with Gasteiger partial charge in [-0.2, -0.15) is 5.26 Å². The van der Waals surface area contributed by atoms with E-state index in [4.69, 9.17) is 4.74 Å². The van der Waals surface area contributed by atoms with Crippen LogP contribution in [0.2, 0.25) is 0 Å². The summed E-state index contributed by atoms with van der Waals surface area (Å²) in [6.07, 6.45) is 3.87. The number of halogens is 1. The van der Waals surface area contributed by atoms with Gasteiger partial charge in [0, 0.05) is 22.1 Å². The minimum atomic E-state index is 0.621. The smallest absolute Gasteiger partial charge is 0.119 e. The fraction of sp³-hybridized carbons (Fsp3) is 0.0500. The highest BCUT2D eigenvalue weighted by atomic mass is 79.9. The number of ether oxygens (including phenoxy) is 1. The second kappa shape index (κ2) is 7.20. The average Bonchev–Trinajstić information content (AvgIpc) is 3.09. The summed E-state index contributed by atoms with van der Waals surface area (Å²) in [7, 11) is 1.65. The first-order chi connectivity index (χ1) is 11.7. The van der Waals surface area contributed by atoms with Crippen LogP contribution in [0.5, 0.6) is 5.75 Å². The van der Waals surface area contributed by atoms with E-state index in [-0.39, 0.29) is 0 Å². The van der Waals surface area contributed by atoms with Crippen LogP contribution in [0, 0.1) is 11.3 Å². The van der Waals surface area contributed by atoms with Crippen molar-refractivity contribution in [3.63, 3.8) is 0 Å². The largest absolute Gasteiger partial charge is 0.497 e. The lowest BCUT2D eigenvalue weighted by Crippen LogP contribution is -1.95. The number of benzene rings is 2. The molecule has 3 nitrogen and oxygen atoms in total. The monoisotopic (exact) mass is 378 g/mol. The molecule has 0 saturated heterocycles. The lowest BCUT2D eigenvalue weighted by atomic mass is 10.1. The molecule has 3 rings (SSSR count). The van der Waals surface area contributed by atoms with Gasteiger partial charge in [-0.05, 0) is 60.2 Å². The van der Waals surface area contributed by atoms with Gasteiger partial charge in [-0.15, -0.1) is 0 Å². The Morgan fingerprint density at radius 2 is 1.79 bits per heavy atom. The second-order valence-corrected chi connectivity index (χ2v) is 6.09. The van der Waals surface area contributed by atoms with E-state index in [9.17, 15) is 5.26 Å². The Morgan fingerprint density at radius 1 is 1.08 bits per heavy atom. The Kier molecular flexibility index (Phi) is 4.83. The average molecular weight is 379 g/mol. The van der Waals surface area contributed by atoms with E-state index >= 15 is 0 Å². The molecule has 2 aromatic carbocycles. The van der Waals surface area contributed by atoms with Crippen molar-refractivity contribution in [3.8, 4) is 17.5 Å². The van der Waals surface area contributed by atoms with Crippen LogP contribution in [0.4, 0.5) is 0 Å². The molecular formula is C20H15BrN2O. The van der Waals surface area contributed by atoms with Crippen molar-refractivity contribution in [3.05, 3.63) is 82.6 Å². The van der Waals surface area contributed by atoms with E-state index in [0.29, 0.717) is 5.57 Å². The Balaban J connectivity index is 1.99. The van der Waals surface area contributed by atoms with Crippen LogP contribution < -0.4 is 4.74 Å². The van der Waals surface area contributed by atoms with Gasteiger partial charge in [0.05, 0.1) is 18.8 Å². The zero-order valence-corrected chi connectivity index (χ0v) is 14.7. The molecule has 0 radical (unpaired) electrons. The Hall–Kier alpha value is -2.77. The molecule has 0 aliphatic carbocycles. The standard InChI is InChI=1S/C20H15BrN2O/c1-24-20-10-8-18(9-11-20)23-12-2-3-19(23)13-16(14-22)15-4-6-17(21)7-5-15/h2-13H,1H3/b16-13-. The van der Waals surface area contributed by atoms with Crippen molar-refractivity contribution in [1.82, 2.24) is 4.57 Å². The van der Waals surface area contributed by atoms with Crippen LogP contribution in [0.15, 0.2) is 71.3 Å². The third kappa shape index (κ3) is 3.42. The van der Waals surface area contributed by atoms with Crippen molar-refractivity contribution >= 4 is 27.6 Å². The third-order valence-electron chi connectivity index (χ3n) is 3.70. The molecule has 0 unspecified atom stereocenters. The minimum Gasteiger partial charge on any atom is -0.497 e. The maximum absolute atomic E-state index is 9.52. The maximum Gasteiger partial charge on any atom is 0.119 e. The lowest BCUT2D eigenvalue weighted by Gasteiger charge is -2.08. The van der Waals surface area contributed by atoms with Crippen molar-refractivity contribution in [2.45, 2.75) is 0 Å². The van der Waals surface area contributed by atoms with Crippen molar-refractivity contribution in [2.24, 2.45) is 0 Å². The van der Waals surface area contributed by atoms with Crippen molar-refractivity contribution in [1.29, 1.82) is 5.26 Å². The number of hydrogen-bond donors (Lipinski definition) is 0. The third-order valence-corrected chi connectivity index (χ3v) is 4.23. The summed E-state index contributed by atoms with van der Waals surface area (Å²) in [5.74, 6) is 0.815. The molecule has 0 bridgehead atoms. The van der Waals surface area contributed by atoms with Gasteiger partial charge in [0.2, 0.25) is 0 Å². The van der Waals surface area contributed by atoms with Gasteiger partial charge in [-0.25, -0.2) is 0 Å². The Bertz CT molecular complexity index is 900. The highest BCUT2D eigenvalue weighted by Crippen LogP contribution is 2.23. The summed E-state index contributed by atoms with van der Waals surface area (Å²) < 4.78 is 8.23. The van der Waals surface area contributed by atoms with E-state index in [2.05, 4.69) is 22.0 Å². The van der Waals surface area contributed by atoms with Crippen LogP contribution in [0.25, 0.3) is 17.3 Å². The predicted octanol–water partition coefficient (Wildman–Crippen LogP) is 5.31.